The largest absolute Gasteiger partial charge is 0.302 e. The zero-order valence-electron chi connectivity index (χ0n) is 6.50. The molecule has 62 valence electrons. The minimum Gasteiger partial charge on any atom is -0.302 e. The van der Waals surface area contributed by atoms with Gasteiger partial charge in [-0.3, -0.25) is 0 Å². The molecule has 0 amide bonds. The topological polar surface area (TPSA) is 12.5 Å². The van der Waals surface area contributed by atoms with Crippen LogP contribution in [0.2, 0.25) is 0 Å². The number of thiophene rings is 1. The van der Waals surface area contributed by atoms with Crippen LogP contribution in [-0.2, 0) is 11.4 Å². The Morgan fingerprint density at radius 2 is 2.45 bits per heavy atom. The highest BCUT2D eigenvalue weighted by atomic mass is 79.9. The normalized spacial score (nSPS) is 10.9. The van der Waals surface area contributed by atoms with Crippen LogP contribution in [0.25, 0.3) is 0 Å². The van der Waals surface area contributed by atoms with Crippen molar-refractivity contribution in [3.05, 3.63) is 20.8 Å². The van der Waals surface area contributed by atoms with Crippen LogP contribution in [0.15, 0.2) is 15.9 Å². The van der Waals surface area contributed by atoms with Gasteiger partial charge < -0.3 is 4.84 Å². The summed E-state index contributed by atoms with van der Waals surface area (Å²) >= 11 is 5.12. The number of halogens is 1. The molecular formula is C7H10BrNOS. The summed E-state index contributed by atoms with van der Waals surface area (Å²) in [6.45, 7) is 0.840. The maximum Gasteiger partial charge on any atom is 0.0582 e. The fraction of sp³-hybridized carbons (Fsp3) is 0.429. The van der Waals surface area contributed by atoms with Gasteiger partial charge in [0.15, 0.2) is 0 Å². The monoisotopic (exact) mass is 235 g/mol. The van der Waals surface area contributed by atoms with Gasteiger partial charge in [0.1, 0.15) is 0 Å². The molecule has 0 unspecified atom stereocenters. The predicted octanol–water partition coefficient (Wildman–Crippen LogP) is 2.50. The van der Waals surface area contributed by atoms with Gasteiger partial charge in [0.25, 0.3) is 0 Å². The van der Waals surface area contributed by atoms with Gasteiger partial charge in [0.2, 0.25) is 0 Å². The van der Waals surface area contributed by atoms with Gasteiger partial charge >= 0.3 is 0 Å². The predicted molar refractivity (Wildman–Crippen MR) is 50.5 cm³/mol. The molecule has 0 aliphatic heterocycles. The maximum atomic E-state index is 4.99. The highest BCUT2D eigenvalue weighted by Crippen LogP contribution is 2.20. The highest BCUT2D eigenvalue weighted by Gasteiger charge is 2.00. The fourth-order valence-electron chi connectivity index (χ4n) is 0.721. The van der Waals surface area contributed by atoms with Crippen LogP contribution in [0.3, 0.4) is 0 Å². The lowest BCUT2D eigenvalue weighted by molar-refractivity contribution is -0.115. The summed E-state index contributed by atoms with van der Waals surface area (Å²) in [6.07, 6.45) is 0. The molecule has 0 spiro atoms. The Labute approximate surface area is 78.9 Å². The molecule has 0 saturated carbocycles. The van der Waals surface area contributed by atoms with Crippen LogP contribution in [0.4, 0.5) is 0 Å². The fourth-order valence-corrected chi connectivity index (χ4v) is 2.21. The van der Waals surface area contributed by atoms with E-state index in [0.29, 0.717) is 0 Å². The zero-order chi connectivity index (χ0) is 8.27. The summed E-state index contributed by atoms with van der Waals surface area (Å²) in [4.78, 5) is 6.28. The SMILES string of the molecule is CON(C)Cc1cc(Br)cs1. The van der Waals surface area contributed by atoms with E-state index in [1.807, 2.05) is 7.05 Å². The second-order valence-corrected chi connectivity index (χ2v) is 4.11. The van der Waals surface area contributed by atoms with Gasteiger partial charge in [0.05, 0.1) is 13.7 Å². The Kier molecular flexibility index (Phi) is 3.51. The summed E-state index contributed by atoms with van der Waals surface area (Å²) in [5.41, 5.74) is 0. The average molecular weight is 236 g/mol. The van der Waals surface area contributed by atoms with E-state index in [-0.39, 0.29) is 0 Å². The van der Waals surface area contributed by atoms with Crippen LogP contribution in [0, 0.1) is 0 Å². The molecule has 1 rings (SSSR count). The first-order valence-corrected chi connectivity index (χ1v) is 4.88. The third-order valence-corrected chi connectivity index (χ3v) is 2.99. The molecule has 0 bridgehead atoms. The minimum absolute atomic E-state index is 0.840. The first kappa shape index (κ1) is 9.19. The van der Waals surface area contributed by atoms with Gasteiger partial charge in [-0.05, 0) is 22.0 Å². The van der Waals surface area contributed by atoms with Gasteiger partial charge in [-0.25, -0.2) is 0 Å². The third kappa shape index (κ3) is 2.91. The zero-order valence-corrected chi connectivity index (χ0v) is 8.91. The summed E-state index contributed by atoms with van der Waals surface area (Å²) in [7, 11) is 3.58. The number of nitrogens with zero attached hydrogens (tertiary/aromatic N) is 1. The van der Waals surface area contributed by atoms with Crippen molar-refractivity contribution >= 4 is 27.3 Å². The summed E-state index contributed by atoms with van der Waals surface area (Å²) in [5, 5.41) is 3.86. The molecule has 0 atom stereocenters. The third-order valence-electron chi connectivity index (χ3n) is 1.31. The highest BCUT2D eigenvalue weighted by molar-refractivity contribution is 9.10. The van der Waals surface area contributed by atoms with E-state index in [1.54, 1.807) is 23.5 Å². The van der Waals surface area contributed by atoms with Crippen molar-refractivity contribution in [1.29, 1.82) is 0 Å². The minimum atomic E-state index is 0.840. The second kappa shape index (κ2) is 4.21. The summed E-state index contributed by atoms with van der Waals surface area (Å²) in [5.74, 6) is 0. The molecule has 2 nitrogen and oxygen atoms in total. The molecular weight excluding hydrogens is 226 g/mol. The van der Waals surface area contributed by atoms with Crippen molar-refractivity contribution in [3.63, 3.8) is 0 Å². The Balaban J connectivity index is 2.50. The standard InChI is InChI=1S/C7H10BrNOS/c1-9(10-2)4-7-3-6(8)5-11-7/h3,5H,4H2,1-2H3. The average Bonchev–Trinajstić information content (AvgIpc) is 2.35. The van der Waals surface area contributed by atoms with E-state index < -0.39 is 0 Å². The number of rotatable bonds is 3. The van der Waals surface area contributed by atoms with Crippen LogP contribution in [0.5, 0.6) is 0 Å². The van der Waals surface area contributed by atoms with E-state index in [1.165, 1.54) is 4.88 Å². The Morgan fingerprint density at radius 3 is 2.91 bits per heavy atom. The van der Waals surface area contributed by atoms with Crippen molar-refractivity contribution in [2.75, 3.05) is 14.2 Å². The van der Waals surface area contributed by atoms with Crippen molar-refractivity contribution in [1.82, 2.24) is 5.06 Å². The van der Waals surface area contributed by atoms with Gasteiger partial charge in [-0.1, -0.05) is 0 Å². The Morgan fingerprint density at radius 1 is 1.73 bits per heavy atom. The molecule has 0 saturated heterocycles. The summed E-state index contributed by atoms with van der Waals surface area (Å²) < 4.78 is 1.14. The molecule has 11 heavy (non-hydrogen) atoms. The molecule has 0 radical (unpaired) electrons. The first-order valence-electron chi connectivity index (χ1n) is 3.20. The lowest BCUT2D eigenvalue weighted by Crippen LogP contribution is -2.14. The number of hydroxylamine groups is 2. The number of hydrogen-bond donors (Lipinski definition) is 0. The van der Waals surface area contributed by atoms with Gasteiger partial charge in [-0.2, -0.15) is 5.06 Å². The van der Waals surface area contributed by atoms with Crippen molar-refractivity contribution < 1.29 is 4.84 Å². The smallest absolute Gasteiger partial charge is 0.0582 e. The van der Waals surface area contributed by atoms with Crippen LogP contribution < -0.4 is 0 Å². The van der Waals surface area contributed by atoms with E-state index in [0.717, 1.165) is 11.0 Å². The molecule has 0 aromatic carbocycles. The second-order valence-electron chi connectivity index (χ2n) is 2.20. The van der Waals surface area contributed by atoms with Crippen LogP contribution in [0.1, 0.15) is 4.88 Å². The van der Waals surface area contributed by atoms with Crippen molar-refractivity contribution in [2.24, 2.45) is 0 Å². The Bertz CT molecular complexity index is 226. The maximum absolute atomic E-state index is 4.99. The first-order chi connectivity index (χ1) is 5.22. The van der Waals surface area contributed by atoms with Crippen LogP contribution in [-0.4, -0.2) is 19.2 Å². The Hall–Kier alpha value is 0.1000. The molecule has 1 heterocycles. The lowest BCUT2D eigenvalue weighted by atomic mass is 10.5. The molecule has 4 heteroatoms. The molecule has 0 fully saturated rings. The summed E-state index contributed by atoms with van der Waals surface area (Å²) in [6, 6.07) is 2.10. The quantitative estimate of drug-likeness (QED) is 0.747. The van der Waals surface area contributed by atoms with E-state index in [4.69, 9.17) is 4.84 Å². The van der Waals surface area contributed by atoms with Gasteiger partial charge in [-0.15, -0.1) is 11.3 Å². The molecule has 1 aromatic rings. The van der Waals surface area contributed by atoms with E-state index in [2.05, 4.69) is 27.4 Å². The molecule has 0 aliphatic rings. The van der Waals surface area contributed by atoms with E-state index >= 15 is 0 Å². The molecule has 0 aliphatic carbocycles. The van der Waals surface area contributed by atoms with E-state index in [9.17, 15) is 0 Å². The van der Waals surface area contributed by atoms with Crippen LogP contribution >= 0.6 is 27.3 Å². The number of hydrogen-bond acceptors (Lipinski definition) is 3. The molecule has 1 aromatic heterocycles. The molecule has 0 N–H and O–H groups in total. The lowest BCUT2D eigenvalue weighted by Gasteiger charge is -2.10. The van der Waals surface area contributed by atoms with Gasteiger partial charge in [0, 0.05) is 21.8 Å². The van der Waals surface area contributed by atoms with Crippen molar-refractivity contribution in [3.8, 4) is 0 Å². The van der Waals surface area contributed by atoms with Crippen molar-refractivity contribution in [2.45, 2.75) is 6.54 Å².